The van der Waals surface area contributed by atoms with Gasteiger partial charge in [0.1, 0.15) is 0 Å². The number of carboxylic acids is 1. The molecule has 8 heteroatoms. The van der Waals surface area contributed by atoms with Crippen molar-refractivity contribution in [3.8, 4) is 11.1 Å². The molecular weight excluding hydrogens is 372 g/mol. The largest absolute Gasteiger partial charge is 0.480 e. The van der Waals surface area contributed by atoms with Gasteiger partial charge in [-0.2, -0.15) is 5.10 Å². The van der Waals surface area contributed by atoms with E-state index in [2.05, 4.69) is 5.10 Å². The highest BCUT2D eigenvalue weighted by atomic mass is 16.5. The van der Waals surface area contributed by atoms with Crippen molar-refractivity contribution in [2.75, 3.05) is 24.7 Å². The number of aliphatic carboxylic acids is 1. The average Bonchev–Trinajstić information content (AvgIpc) is 3.18. The number of aromatic nitrogens is 3. The molecule has 0 spiro atoms. The molecule has 1 aliphatic rings. The van der Waals surface area contributed by atoms with Crippen molar-refractivity contribution >= 4 is 11.7 Å². The first kappa shape index (κ1) is 18.9. The van der Waals surface area contributed by atoms with Gasteiger partial charge in [0.25, 0.3) is 5.56 Å². The van der Waals surface area contributed by atoms with Gasteiger partial charge >= 0.3 is 5.97 Å². The molecule has 1 N–H and O–H groups in total. The number of pyridine rings is 1. The number of morpholine rings is 1. The van der Waals surface area contributed by atoms with Gasteiger partial charge in [0.05, 0.1) is 31.6 Å². The van der Waals surface area contributed by atoms with Crippen molar-refractivity contribution in [1.29, 1.82) is 0 Å². The molecule has 1 aliphatic heterocycles. The summed E-state index contributed by atoms with van der Waals surface area (Å²) in [6.07, 6.45) is 5.38. The summed E-state index contributed by atoms with van der Waals surface area (Å²) in [5.41, 5.74) is 3.10. The zero-order valence-electron chi connectivity index (χ0n) is 16.1. The lowest BCUT2D eigenvalue weighted by atomic mass is 10.1. The number of nitrogens with zero attached hydrogens (tertiary/aromatic N) is 4. The number of hydrogen-bond acceptors (Lipinski definition) is 5. The molecule has 0 bridgehead atoms. The number of ether oxygens (including phenoxy) is 1. The second kappa shape index (κ2) is 7.92. The van der Waals surface area contributed by atoms with Crippen molar-refractivity contribution in [2.24, 2.45) is 7.05 Å². The normalized spacial score (nSPS) is 16.7. The molecule has 1 saturated heterocycles. The molecule has 29 heavy (non-hydrogen) atoms. The Morgan fingerprint density at radius 3 is 2.83 bits per heavy atom. The highest BCUT2D eigenvalue weighted by Gasteiger charge is 2.31. The van der Waals surface area contributed by atoms with Gasteiger partial charge in [-0.15, -0.1) is 0 Å². The Labute approximate surface area is 167 Å². The van der Waals surface area contributed by atoms with Gasteiger partial charge in [-0.1, -0.05) is 30.3 Å². The minimum atomic E-state index is -0.976. The predicted molar refractivity (Wildman–Crippen MR) is 108 cm³/mol. The van der Waals surface area contributed by atoms with Crippen LogP contribution in [0.15, 0.2) is 59.8 Å². The molecule has 150 valence electrons. The Kier molecular flexibility index (Phi) is 5.18. The lowest BCUT2D eigenvalue weighted by Gasteiger charge is -2.35. The molecular formula is C21H22N4O4. The zero-order chi connectivity index (χ0) is 20.4. The number of anilines is 1. The third-order valence-electron chi connectivity index (χ3n) is 5.06. The molecule has 2 aromatic heterocycles. The van der Waals surface area contributed by atoms with Gasteiger partial charge in [0, 0.05) is 43.2 Å². The average molecular weight is 394 g/mol. The van der Waals surface area contributed by atoms with Gasteiger partial charge in [-0.05, 0) is 5.56 Å². The smallest absolute Gasteiger partial charge is 0.328 e. The molecule has 1 unspecified atom stereocenters. The topological polar surface area (TPSA) is 89.6 Å². The van der Waals surface area contributed by atoms with Crippen LogP contribution in [0.2, 0.25) is 0 Å². The third-order valence-corrected chi connectivity index (χ3v) is 5.06. The minimum absolute atomic E-state index is 0.0806. The van der Waals surface area contributed by atoms with Crippen LogP contribution in [-0.2, 0) is 23.1 Å². The summed E-state index contributed by atoms with van der Waals surface area (Å²) >= 11 is 0. The maximum absolute atomic E-state index is 12.3. The van der Waals surface area contributed by atoms with Crippen LogP contribution in [0.5, 0.6) is 0 Å². The maximum Gasteiger partial charge on any atom is 0.328 e. The minimum Gasteiger partial charge on any atom is -0.480 e. The second-order valence-electron chi connectivity index (χ2n) is 7.06. The van der Waals surface area contributed by atoms with Crippen molar-refractivity contribution < 1.29 is 14.6 Å². The van der Waals surface area contributed by atoms with E-state index < -0.39 is 12.0 Å². The summed E-state index contributed by atoms with van der Waals surface area (Å²) in [6.45, 7) is 1.51. The molecule has 8 nitrogen and oxygen atoms in total. The van der Waals surface area contributed by atoms with Crippen molar-refractivity contribution in [3.05, 3.63) is 70.9 Å². The van der Waals surface area contributed by atoms with E-state index in [4.69, 9.17) is 4.74 Å². The zero-order valence-corrected chi connectivity index (χ0v) is 16.1. The van der Waals surface area contributed by atoms with E-state index in [1.165, 1.54) is 10.6 Å². The van der Waals surface area contributed by atoms with E-state index >= 15 is 0 Å². The Balaban J connectivity index is 1.73. The Morgan fingerprint density at radius 2 is 2.07 bits per heavy atom. The summed E-state index contributed by atoms with van der Waals surface area (Å²) < 4.78 is 8.66. The van der Waals surface area contributed by atoms with Gasteiger partial charge in [0.15, 0.2) is 6.04 Å². The highest BCUT2D eigenvalue weighted by molar-refractivity contribution is 5.84. The lowest BCUT2D eigenvalue weighted by molar-refractivity contribution is -0.141. The Morgan fingerprint density at radius 1 is 1.28 bits per heavy atom. The van der Waals surface area contributed by atoms with E-state index in [1.807, 2.05) is 41.2 Å². The van der Waals surface area contributed by atoms with Crippen LogP contribution >= 0.6 is 0 Å². The van der Waals surface area contributed by atoms with Crippen LogP contribution in [0.4, 0.5) is 5.69 Å². The first-order valence-electron chi connectivity index (χ1n) is 9.37. The fraction of sp³-hybridized carbons (Fsp3) is 0.286. The summed E-state index contributed by atoms with van der Waals surface area (Å²) in [5, 5.41) is 14.1. The third kappa shape index (κ3) is 3.93. The van der Waals surface area contributed by atoms with Crippen LogP contribution < -0.4 is 10.5 Å². The van der Waals surface area contributed by atoms with E-state index in [1.54, 1.807) is 24.3 Å². The monoisotopic (exact) mass is 394 g/mol. The number of rotatable bonds is 5. The molecule has 4 rings (SSSR count). The molecule has 3 aromatic rings. The molecule has 0 radical (unpaired) electrons. The van der Waals surface area contributed by atoms with E-state index in [0.29, 0.717) is 25.4 Å². The second-order valence-corrected chi connectivity index (χ2v) is 7.06. The lowest BCUT2D eigenvalue weighted by Crippen LogP contribution is -2.50. The molecule has 1 aromatic carbocycles. The van der Waals surface area contributed by atoms with E-state index in [0.717, 1.165) is 16.7 Å². The highest BCUT2D eigenvalue weighted by Crippen LogP contribution is 2.31. The number of hydrogen-bond donors (Lipinski definition) is 1. The summed E-state index contributed by atoms with van der Waals surface area (Å²) in [4.78, 5) is 25.8. The van der Waals surface area contributed by atoms with Crippen molar-refractivity contribution in [2.45, 2.75) is 12.6 Å². The molecule has 1 atom stereocenters. The number of benzene rings is 1. The van der Waals surface area contributed by atoms with Crippen LogP contribution in [0.1, 0.15) is 5.56 Å². The fourth-order valence-electron chi connectivity index (χ4n) is 3.54. The van der Waals surface area contributed by atoms with Gasteiger partial charge in [0.2, 0.25) is 0 Å². The number of aryl methyl sites for hydroxylation is 1. The summed E-state index contributed by atoms with van der Waals surface area (Å²) in [5.74, 6) is -0.976. The van der Waals surface area contributed by atoms with Crippen LogP contribution in [0.25, 0.3) is 11.1 Å². The SMILES string of the molecule is Cn1cc(-c2cnn(Cc3ccccc3)c2)c(N2CCOCC2C(=O)O)cc1=O. The maximum atomic E-state index is 12.3. The van der Waals surface area contributed by atoms with Crippen molar-refractivity contribution in [1.82, 2.24) is 14.3 Å². The Bertz CT molecular complexity index is 1070. The van der Waals surface area contributed by atoms with Crippen molar-refractivity contribution in [3.63, 3.8) is 0 Å². The van der Waals surface area contributed by atoms with Gasteiger partial charge < -0.3 is 19.3 Å². The number of carboxylic acid groups (broad SMARTS) is 1. The first-order chi connectivity index (χ1) is 14.0. The molecule has 0 amide bonds. The summed E-state index contributed by atoms with van der Waals surface area (Å²) in [7, 11) is 1.68. The molecule has 0 aliphatic carbocycles. The van der Waals surface area contributed by atoms with Crippen LogP contribution in [0, 0.1) is 0 Å². The molecule has 1 fully saturated rings. The van der Waals surface area contributed by atoms with E-state index in [9.17, 15) is 14.7 Å². The quantitative estimate of drug-likeness (QED) is 0.707. The van der Waals surface area contributed by atoms with Crippen LogP contribution in [0.3, 0.4) is 0 Å². The van der Waals surface area contributed by atoms with Gasteiger partial charge in [-0.3, -0.25) is 9.48 Å². The number of carbonyl (C=O) groups is 1. The first-order valence-corrected chi connectivity index (χ1v) is 9.37. The standard InChI is InChI=1S/C21H22N4O4/c1-23-13-17(16-10-22-24(12-16)11-15-5-3-2-4-6-15)18(9-20(23)26)25-7-8-29-14-19(25)21(27)28/h2-6,9-10,12-13,19H,7-8,11,14H2,1H3,(H,27,28). The summed E-state index contributed by atoms with van der Waals surface area (Å²) in [6, 6.07) is 10.6. The molecule has 3 heterocycles. The Hall–Kier alpha value is -3.39. The fourth-order valence-corrected chi connectivity index (χ4v) is 3.54. The van der Waals surface area contributed by atoms with E-state index in [-0.39, 0.29) is 12.2 Å². The van der Waals surface area contributed by atoms with Gasteiger partial charge in [-0.25, -0.2) is 4.79 Å². The van der Waals surface area contributed by atoms with Crippen LogP contribution in [-0.4, -0.2) is 51.2 Å². The molecule has 0 saturated carbocycles. The predicted octanol–water partition coefficient (Wildman–Crippen LogP) is 1.59.